The van der Waals surface area contributed by atoms with E-state index in [0.29, 0.717) is 22.5 Å². The van der Waals surface area contributed by atoms with Crippen molar-refractivity contribution in [2.45, 2.75) is 12.6 Å². The van der Waals surface area contributed by atoms with E-state index in [-0.39, 0.29) is 31.3 Å². The highest BCUT2D eigenvalue weighted by Crippen LogP contribution is 2.35. The molecular formula is C26H21BrF2N4O2. The molecule has 4 aromatic rings. The maximum Gasteiger partial charge on any atom is 0.251 e. The van der Waals surface area contributed by atoms with Crippen LogP contribution in [0.25, 0.3) is 16.8 Å². The molecule has 1 fully saturated rings. The number of amides is 1. The monoisotopic (exact) mass is 538 g/mol. The van der Waals surface area contributed by atoms with Gasteiger partial charge in [-0.15, -0.1) is 0 Å². The van der Waals surface area contributed by atoms with Crippen molar-refractivity contribution in [3.63, 3.8) is 0 Å². The van der Waals surface area contributed by atoms with Crippen LogP contribution in [-0.4, -0.2) is 33.7 Å². The molecule has 1 amide bonds. The van der Waals surface area contributed by atoms with Gasteiger partial charge in [-0.25, -0.2) is 13.5 Å². The zero-order valence-electron chi connectivity index (χ0n) is 18.5. The molecule has 9 heteroatoms. The van der Waals surface area contributed by atoms with Crippen molar-refractivity contribution < 1.29 is 18.3 Å². The molecule has 1 aliphatic rings. The van der Waals surface area contributed by atoms with Gasteiger partial charge in [-0.3, -0.25) is 4.79 Å². The zero-order valence-corrected chi connectivity index (χ0v) is 20.1. The lowest BCUT2D eigenvalue weighted by Crippen LogP contribution is -2.31. The van der Waals surface area contributed by atoms with E-state index >= 15 is 0 Å². The zero-order chi connectivity index (χ0) is 24.5. The summed E-state index contributed by atoms with van der Waals surface area (Å²) in [6.45, 7) is 0.126. The molecule has 35 heavy (non-hydrogen) atoms. The molecular weight excluding hydrogens is 518 g/mol. The molecule has 1 aliphatic heterocycles. The van der Waals surface area contributed by atoms with Crippen LogP contribution in [0.2, 0.25) is 0 Å². The molecule has 2 heterocycles. The van der Waals surface area contributed by atoms with Crippen LogP contribution in [0.5, 0.6) is 0 Å². The van der Waals surface area contributed by atoms with E-state index in [0.717, 1.165) is 15.7 Å². The summed E-state index contributed by atoms with van der Waals surface area (Å²) in [5, 5.41) is 4.76. The second-order valence-corrected chi connectivity index (χ2v) is 9.12. The van der Waals surface area contributed by atoms with E-state index in [1.54, 1.807) is 33.8 Å². The molecule has 2 N–H and O–H groups in total. The number of nitrogens with two attached hydrogens (primary N) is 1. The molecule has 0 aliphatic carbocycles. The first kappa shape index (κ1) is 23.2. The average Bonchev–Trinajstić information content (AvgIpc) is 3.43. The fourth-order valence-electron chi connectivity index (χ4n) is 4.08. The number of hydrogen-bond acceptors (Lipinski definition) is 4. The average molecular weight is 539 g/mol. The summed E-state index contributed by atoms with van der Waals surface area (Å²) in [5.74, 6) is -0.982. The molecule has 0 bridgehead atoms. The number of halogens is 3. The van der Waals surface area contributed by atoms with Crippen LogP contribution in [0.15, 0.2) is 77.4 Å². The van der Waals surface area contributed by atoms with Crippen LogP contribution >= 0.6 is 15.9 Å². The maximum atomic E-state index is 14.3. The Labute approximate surface area is 209 Å². The van der Waals surface area contributed by atoms with Crippen LogP contribution in [0, 0.1) is 11.6 Å². The van der Waals surface area contributed by atoms with Gasteiger partial charge in [0.05, 0.1) is 5.69 Å². The number of carbonyl (C=O) groups is 1. The van der Waals surface area contributed by atoms with Gasteiger partial charge in [-0.1, -0.05) is 34.1 Å². The van der Waals surface area contributed by atoms with Gasteiger partial charge in [-0.05, 0) is 66.1 Å². The molecule has 6 nitrogen and oxygen atoms in total. The smallest absolute Gasteiger partial charge is 0.251 e. The van der Waals surface area contributed by atoms with Crippen molar-refractivity contribution in [3.05, 3.63) is 100 Å². The largest absolute Gasteiger partial charge is 0.399 e. The Morgan fingerprint density at radius 2 is 1.80 bits per heavy atom. The van der Waals surface area contributed by atoms with Gasteiger partial charge in [0.1, 0.15) is 23.9 Å². The topological polar surface area (TPSA) is 73.4 Å². The minimum atomic E-state index is -0.768. The van der Waals surface area contributed by atoms with Crippen molar-refractivity contribution in [1.82, 2.24) is 14.7 Å². The Balaban J connectivity index is 1.51. The van der Waals surface area contributed by atoms with E-state index in [2.05, 4.69) is 15.9 Å². The van der Waals surface area contributed by atoms with Gasteiger partial charge < -0.3 is 15.4 Å². The summed E-state index contributed by atoms with van der Waals surface area (Å²) in [7, 11) is 0. The SMILES string of the molecule is Nc1ccc(CCN2C(=O)CO[C@@H]2c2nn(-c3ccc(Br)cc3)cc2-c2ccc(F)cc2)c(F)c1. The Morgan fingerprint density at radius 3 is 2.51 bits per heavy atom. The number of rotatable bonds is 6. The lowest BCUT2D eigenvalue weighted by molar-refractivity contribution is -0.128. The number of nitrogen functional groups attached to an aromatic ring is 1. The predicted molar refractivity (Wildman–Crippen MR) is 132 cm³/mol. The van der Waals surface area contributed by atoms with Crippen LogP contribution in [-0.2, 0) is 16.0 Å². The standard InChI is InChI=1S/C26H21BrF2N4O2/c27-18-4-9-21(10-5-18)33-14-22(16-1-6-19(28)7-2-16)25(31-33)26-32(24(34)15-35-26)12-11-17-3-8-20(30)13-23(17)29/h1-10,13-14,26H,11-12,15,30H2/t26-/m1/s1. The highest BCUT2D eigenvalue weighted by atomic mass is 79.9. The minimum Gasteiger partial charge on any atom is -0.399 e. The molecule has 5 rings (SSSR count). The second-order valence-electron chi connectivity index (χ2n) is 8.21. The van der Waals surface area contributed by atoms with E-state index in [4.69, 9.17) is 15.6 Å². The van der Waals surface area contributed by atoms with E-state index in [1.165, 1.54) is 18.2 Å². The summed E-state index contributed by atoms with van der Waals surface area (Å²) in [6, 6.07) is 18.2. The van der Waals surface area contributed by atoms with Gasteiger partial charge >= 0.3 is 0 Å². The first-order chi connectivity index (χ1) is 16.9. The molecule has 3 aromatic carbocycles. The highest BCUT2D eigenvalue weighted by molar-refractivity contribution is 9.10. The van der Waals surface area contributed by atoms with Gasteiger partial charge in [0, 0.05) is 28.5 Å². The lowest BCUT2D eigenvalue weighted by Gasteiger charge is -2.23. The molecule has 0 radical (unpaired) electrons. The minimum absolute atomic E-state index is 0.108. The normalized spacial score (nSPS) is 15.7. The van der Waals surface area contributed by atoms with E-state index in [1.807, 2.05) is 30.5 Å². The molecule has 0 saturated carbocycles. The number of aromatic nitrogens is 2. The molecule has 178 valence electrons. The van der Waals surface area contributed by atoms with Crippen LogP contribution in [0.1, 0.15) is 17.5 Å². The first-order valence-corrected chi connectivity index (χ1v) is 11.7. The Kier molecular flexibility index (Phi) is 6.36. The first-order valence-electron chi connectivity index (χ1n) is 11.0. The summed E-state index contributed by atoms with van der Waals surface area (Å²) >= 11 is 3.43. The summed E-state index contributed by atoms with van der Waals surface area (Å²) in [4.78, 5) is 14.3. The number of ether oxygens (including phenoxy) is 1. The fourth-order valence-corrected chi connectivity index (χ4v) is 4.34. The summed E-state index contributed by atoms with van der Waals surface area (Å²) in [6.07, 6.45) is 1.35. The highest BCUT2D eigenvalue weighted by Gasteiger charge is 2.36. The molecule has 1 atom stereocenters. The molecule has 0 unspecified atom stereocenters. The third-order valence-electron chi connectivity index (χ3n) is 5.89. The van der Waals surface area contributed by atoms with E-state index in [9.17, 15) is 13.6 Å². The number of benzene rings is 3. The van der Waals surface area contributed by atoms with Crippen molar-refractivity contribution in [2.75, 3.05) is 18.9 Å². The van der Waals surface area contributed by atoms with Crippen LogP contribution in [0.3, 0.4) is 0 Å². The summed E-state index contributed by atoms with van der Waals surface area (Å²) < 4.78 is 36.4. The van der Waals surface area contributed by atoms with Gasteiger partial charge in [0.15, 0.2) is 6.23 Å². The van der Waals surface area contributed by atoms with Gasteiger partial charge in [0.25, 0.3) is 5.91 Å². The number of nitrogens with zero attached hydrogens (tertiary/aromatic N) is 3. The van der Waals surface area contributed by atoms with Crippen molar-refractivity contribution >= 4 is 27.5 Å². The number of hydrogen-bond donors (Lipinski definition) is 1. The Hall–Kier alpha value is -3.56. The summed E-state index contributed by atoms with van der Waals surface area (Å²) in [5.41, 5.74) is 9.20. The van der Waals surface area contributed by atoms with Crippen molar-refractivity contribution in [1.29, 1.82) is 0 Å². The van der Waals surface area contributed by atoms with Gasteiger partial charge in [0.2, 0.25) is 0 Å². The fraction of sp³-hybridized carbons (Fsp3) is 0.154. The van der Waals surface area contributed by atoms with E-state index < -0.39 is 12.0 Å². The third-order valence-corrected chi connectivity index (χ3v) is 6.42. The molecule has 0 spiro atoms. The van der Waals surface area contributed by atoms with Crippen molar-refractivity contribution in [3.8, 4) is 16.8 Å². The van der Waals surface area contributed by atoms with Crippen LogP contribution in [0.4, 0.5) is 14.5 Å². The Bertz CT molecular complexity index is 1370. The maximum absolute atomic E-state index is 14.3. The van der Waals surface area contributed by atoms with Crippen LogP contribution < -0.4 is 5.73 Å². The Morgan fingerprint density at radius 1 is 1.06 bits per heavy atom. The van der Waals surface area contributed by atoms with Gasteiger partial charge in [-0.2, -0.15) is 5.10 Å². The third kappa shape index (κ3) is 4.82. The quantitative estimate of drug-likeness (QED) is 0.340. The molecule has 1 saturated heterocycles. The number of anilines is 1. The number of carbonyl (C=O) groups excluding carboxylic acids is 1. The lowest BCUT2D eigenvalue weighted by atomic mass is 10.0. The predicted octanol–water partition coefficient (Wildman–Crippen LogP) is 5.26. The second kappa shape index (κ2) is 9.59. The van der Waals surface area contributed by atoms with Crippen molar-refractivity contribution in [2.24, 2.45) is 0 Å². The molecule has 1 aromatic heterocycles.